The smallest absolute Gasteiger partial charge is 0.0327 e. The van der Waals surface area contributed by atoms with Crippen LogP contribution in [0.4, 0.5) is 0 Å². The van der Waals surface area contributed by atoms with Gasteiger partial charge >= 0.3 is 0 Å². The van der Waals surface area contributed by atoms with Gasteiger partial charge in [0.25, 0.3) is 0 Å². The molecule has 1 atom stereocenters. The van der Waals surface area contributed by atoms with E-state index in [4.69, 9.17) is 5.73 Å². The molecule has 0 spiro atoms. The molecule has 0 amide bonds. The third kappa shape index (κ3) is 106. The van der Waals surface area contributed by atoms with Crippen LogP contribution in [0.15, 0.2) is 85.2 Å². The molecule has 0 aliphatic rings. The third-order valence-electron chi connectivity index (χ3n) is 5.50. The van der Waals surface area contributed by atoms with Gasteiger partial charge in [-0.3, -0.25) is 0 Å². The standard InChI is InChI=1S/C10H19N.C10H20.C8H17N.2C8H16.C7H14/c1-9(2)11-8-6-7-10(3,4)5;1-9(2,3)7-8-10(4,5)6;1-7(9)5-6-8(2,3)4;2*1-5-6-7-8(2,3)4;1-5-6-7(2,3)4/h6-7,11H,1,8H2,2-5H3;7-8H,1-6H3;5-7H,9H2,1-4H3;2*6-7H,5H2,1-4H3;5-6H,1-4H3/b7-6+;8-7+;6-5+;2*7-6+;6-5+. The lowest BCUT2D eigenvalue weighted by molar-refractivity contribution is 0.502. The van der Waals surface area contributed by atoms with E-state index in [-0.39, 0.29) is 16.9 Å². The molecule has 0 fully saturated rings. The lowest BCUT2D eigenvalue weighted by Crippen LogP contribution is -2.12. The van der Waals surface area contributed by atoms with Gasteiger partial charge in [0.15, 0.2) is 0 Å². The van der Waals surface area contributed by atoms with Gasteiger partial charge in [0.2, 0.25) is 0 Å². The molecule has 0 aliphatic heterocycles. The maximum absolute atomic E-state index is 5.51. The van der Waals surface area contributed by atoms with Crippen molar-refractivity contribution in [3.05, 3.63) is 85.2 Å². The van der Waals surface area contributed by atoms with Crippen LogP contribution in [0.25, 0.3) is 0 Å². The molecule has 0 radical (unpaired) electrons. The SMILES string of the molecule is C/C=C/C(C)(C)C.C=C(C)NC/C=C/C(C)(C)C.CC(C)(C)/C=C/C(C)(C)C.CC(N)/C=C/C(C)(C)C.CC/C=C/C(C)(C)C.CC/C=C/C(C)(C)C. The van der Waals surface area contributed by atoms with Crippen LogP contribution in [0.1, 0.15) is 193 Å². The maximum Gasteiger partial charge on any atom is 0.0327 e. The number of allylic oxidation sites excluding steroid dienone is 11. The molecule has 316 valence electrons. The van der Waals surface area contributed by atoms with Gasteiger partial charge < -0.3 is 11.1 Å². The first kappa shape index (κ1) is 62.9. The zero-order chi connectivity index (χ0) is 44.0. The zero-order valence-corrected chi connectivity index (χ0v) is 41.4. The van der Waals surface area contributed by atoms with Crippen molar-refractivity contribution in [2.75, 3.05) is 6.54 Å². The summed E-state index contributed by atoms with van der Waals surface area (Å²) in [6, 6.07) is 0.184. The number of nitrogens with two attached hydrogens (primary N) is 1. The highest BCUT2D eigenvalue weighted by Crippen LogP contribution is 2.21. The van der Waals surface area contributed by atoms with Crippen molar-refractivity contribution in [2.45, 2.75) is 199 Å². The molecule has 3 N–H and O–H groups in total. The number of hydrogen-bond donors (Lipinski definition) is 2. The molecule has 0 heterocycles. The van der Waals surface area contributed by atoms with Crippen molar-refractivity contribution < 1.29 is 0 Å². The highest BCUT2D eigenvalue weighted by atomic mass is 14.8. The summed E-state index contributed by atoms with van der Waals surface area (Å²) in [4.78, 5) is 0. The van der Waals surface area contributed by atoms with Crippen LogP contribution in [-0.4, -0.2) is 12.6 Å². The van der Waals surface area contributed by atoms with Gasteiger partial charge in [-0.1, -0.05) is 239 Å². The third-order valence-corrected chi connectivity index (χ3v) is 5.50. The molecule has 0 saturated carbocycles. The topological polar surface area (TPSA) is 38.0 Å². The highest BCUT2D eigenvalue weighted by Gasteiger charge is 2.09. The molecule has 2 heteroatoms. The lowest BCUT2D eigenvalue weighted by Gasteiger charge is -2.17. The first-order valence-electron chi connectivity index (χ1n) is 20.4. The summed E-state index contributed by atoms with van der Waals surface area (Å²) in [6.07, 6.45) is 28.5. The zero-order valence-electron chi connectivity index (χ0n) is 41.4. The minimum absolute atomic E-state index is 0.184. The molecular formula is C51H102N2. The normalized spacial score (nSPS) is 13.7. The second-order valence-corrected chi connectivity index (χ2v) is 21.8. The van der Waals surface area contributed by atoms with Crippen molar-refractivity contribution in [1.82, 2.24) is 5.32 Å². The van der Waals surface area contributed by atoms with Crippen LogP contribution in [0.5, 0.6) is 0 Å². The predicted octanol–water partition coefficient (Wildman–Crippen LogP) is 16.9. The average molecular weight is 743 g/mol. The molecular weight excluding hydrogens is 641 g/mol. The van der Waals surface area contributed by atoms with E-state index >= 15 is 0 Å². The molecule has 0 aromatic carbocycles. The first-order valence-corrected chi connectivity index (χ1v) is 20.4. The molecule has 0 rings (SSSR count). The predicted molar refractivity (Wildman–Crippen MR) is 254 cm³/mol. The van der Waals surface area contributed by atoms with E-state index in [1.165, 1.54) is 0 Å². The second kappa shape index (κ2) is 31.2. The molecule has 0 aromatic rings. The van der Waals surface area contributed by atoms with Gasteiger partial charge in [-0.15, -0.1) is 0 Å². The minimum Gasteiger partial charge on any atom is -0.386 e. The fourth-order valence-electron chi connectivity index (χ4n) is 3.03. The van der Waals surface area contributed by atoms with Crippen LogP contribution in [0, 0.1) is 37.9 Å². The Kier molecular flexibility index (Phi) is 37.0. The van der Waals surface area contributed by atoms with Crippen LogP contribution in [0.2, 0.25) is 0 Å². The Morgan fingerprint density at radius 1 is 0.491 bits per heavy atom. The Bertz CT molecular complexity index is 965. The van der Waals surface area contributed by atoms with Crippen LogP contribution >= 0.6 is 0 Å². The van der Waals surface area contributed by atoms with Crippen molar-refractivity contribution >= 4 is 0 Å². The molecule has 0 bridgehead atoms. The summed E-state index contributed by atoms with van der Waals surface area (Å²) in [7, 11) is 0. The highest BCUT2D eigenvalue weighted by molar-refractivity contribution is 4.99. The largest absolute Gasteiger partial charge is 0.386 e. The Balaban J connectivity index is -0.000000126. The average Bonchev–Trinajstić information content (AvgIpc) is 2.90. The number of hydrogen-bond acceptors (Lipinski definition) is 2. The monoisotopic (exact) mass is 743 g/mol. The quantitative estimate of drug-likeness (QED) is 0.266. The van der Waals surface area contributed by atoms with Gasteiger partial charge in [-0.05, 0) is 71.5 Å². The van der Waals surface area contributed by atoms with Gasteiger partial charge in [0.05, 0.1) is 0 Å². The summed E-state index contributed by atoms with van der Waals surface area (Å²) in [6.45, 7) is 61.1. The van der Waals surface area contributed by atoms with Gasteiger partial charge in [0, 0.05) is 18.3 Å². The molecule has 1 unspecified atom stereocenters. The van der Waals surface area contributed by atoms with Gasteiger partial charge in [-0.2, -0.15) is 0 Å². The molecule has 0 aliphatic carbocycles. The van der Waals surface area contributed by atoms with E-state index in [0.717, 1.165) is 25.1 Å². The van der Waals surface area contributed by atoms with Crippen molar-refractivity contribution in [3.8, 4) is 0 Å². The Hall–Kier alpha value is -2.06. The van der Waals surface area contributed by atoms with Crippen molar-refractivity contribution in [1.29, 1.82) is 0 Å². The summed E-state index contributed by atoms with van der Waals surface area (Å²) < 4.78 is 0. The van der Waals surface area contributed by atoms with Gasteiger partial charge in [0.1, 0.15) is 0 Å². The fraction of sp³-hybridized carbons (Fsp3) is 0.725. The maximum atomic E-state index is 5.51. The van der Waals surface area contributed by atoms with Crippen LogP contribution in [0.3, 0.4) is 0 Å². The summed E-state index contributed by atoms with van der Waals surface area (Å²) >= 11 is 0. The molecule has 2 nitrogen and oxygen atoms in total. The minimum atomic E-state index is 0.184. The molecule has 0 aromatic heterocycles. The van der Waals surface area contributed by atoms with E-state index in [9.17, 15) is 0 Å². The first-order chi connectivity index (χ1) is 23.2. The van der Waals surface area contributed by atoms with E-state index < -0.39 is 0 Å². The van der Waals surface area contributed by atoms with E-state index in [0.29, 0.717) is 27.1 Å². The van der Waals surface area contributed by atoms with Crippen molar-refractivity contribution in [3.63, 3.8) is 0 Å². The second-order valence-electron chi connectivity index (χ2n) is 21.8. The van der Waals surface area contributed by atoms with E-state index in [2.05, 4.69) is 238 Å². The molecule has 53 heavy (non-hydrogen) atoms. The molecule has 0 saturated heterocycles. The summed E-state index contributed by atoms with van der Waals surface area (Å²) in [5.74, 6) is 0. The van der Waals surface area contributed by atoms with Gasteiger partial charge in [-0.25, -0.2) is 0 Å². The Labute approximate surface area is 338 Å². The Morgan fingerprint density at radius 2 is 0.755 bits per heavy atom. The fourth-order valence-corrected chi connectivity index (χ4v) is 3.03. The number of rotatable bonds is 6. The lowest BCUT2D eigenvalue weighted by atomic mass is 9.89. The number of nitrogens with one attached hydrogen (secondary N) is 1. The summed E-state index contributed by atoms with van der Waals surface area (Å²) in [5, 5.41) is 3.14. The van der Waals surface area contributed by atoms with Crippen LogP contribution < -0.4 is 11.1 Å². The van der Waals surface area contributed by atoms with Crippen molar-refractivity contribution in [2.24, 2.45) is 43.6 Å². The Morgan fingerprint density at radius 3 is 0.887 bits per heavy atom. The summed E-state index contributed by atoms with van der Waals surface area (Å²) in [5.41, 5.74) is 8.86. The van der Waals surface area contributed by atoms with E-state index in [1.54, 1.807) is 0 Å². The van der Waals surface area contributed by atoms with Crippen LogP contribution in [-0.2, 0) is 0 Å². The van der Waals surface area contributed by atoms with E-state index in [1.807, 2.05) is 26.8 Å².